The van der Waals surface area contributed by atoms with Crippen molar-refractivity contribution in [2.24, 2.45) is 0 Å². The Kier molecular flexibility index (Phi) is 2.45. The topological polar surface area (TPSA) is 87.1 Å². The van der Waals surface area contributed by atoms with E-state index < -0.39 is 4.92 Å². The number of non-ortho nitro benzene ring substituents is 1. The highest BCUT2D eigenvalue weighted by Gasteiger charge is 2.11. The molecule has 1 aliphatic rings. The molecule has 0 saturated carbocycles. The van der Waals surface area contributed by atoms with E-state index in [9.17, 15) is 10.1 Å². The minimum absolute atomic E-state index is 0.0666. The van der Waals surface area contributed by atoms with Gasteiger partial charge >= 0.3 is 0 Å². The Hall–Kier alpha value is -2.41. The van der Waals surface area contributed by atoms with Crippen LogP contribution in [0.3, 0.4) is 0 Å². The highest BCUT2D eigenvalue weighted by atomic mass is 16.6. The van der Waals surface area contributed by atoms with Crippen LogP contribution in [0.25, 0.3) is 11.0 Å². The first-order chi connectivity index (χ1) is 8.72. The molecule has 0 amide bonds. The van der Waals surface area contributed by atoms with Crippen LogP contribution in [-0.2, 0) is 6.54 Å². The Labute approximate surface area is 102 Å². The quantitative estimate of drug-likeness (QED) is 0.628. The lowest BCUT2D eigenvalue weighted by atomic mass is 10.3. The summed E-state index contributed by atoms with van der Waals surface area (Å²) in [6, 6.07) is 4.61. The number of nitrogens with zero attached hydrogens (tertiary/aromatic N) is 3. The molecule has 2 N–H and O–H groups in total. The summed E-state index contributed by atoms with van der Waals surface area (Å²) in [6.07, 6.45) is 3.95. The Bertz CT molecular complexity index is 633. The van der Waals surface area contributed by atoms with E-state index in [1.54, 1.807) is 6.07 Å². The Morgan fingerprint density at radius 1 is 1.50 bits per heavy atom. The maximum Gasteiger partial charge on any atom is 0.271 e. The number of benzene rings is 1. The summed E-state index contributed by atoms with van der Waals surface area (Å²) in [4.78, 5) is 17.7. The maximum atomic E-state index is 10.7. The van der Waals surface area contributed by atoms with Crippen molar-refractivity contribution in [3.05, 3.63) is 46.4 Å². The monoisotopic (exact) mass is 245 g/mol. The third kappa shape index (κ3) is 1.91. The molecule has 3 rings (SSSR count). The lowest BCUT2D eigenvalue weighted by Crippen LogP contribution is -2.28. The van der Waals surface area contributed by atoms with Crippen LogP contribution in [0.2, 0.25) is 0 Å². The molecular weight excluding hydrogens is 234 g/mol. The molecule has 1 aromatic carbocycles. The van der Waals surface area contributed by atoms with Gasteiger partial charge in [-0.05, 0) is 6.07 Å². The normalized spacial score (nSPS) is 14.6. The van der Waals surface area contributed by atoms with Crippen LogP contribution in [-0.4, -0.2) is 26.4 Å². The molecule has 0 aliphatic carbocycles. The fourth-order valence-corrected chi connectivity index (χ4v) is 1.91. The lowest BCUT2D eigenvalue weighted by Gasteiger charge is -2.13. The second-order valence-electron chi connectivity index (χ2n) is 4.02. The molecule has 0 bridgehead atoms. The standard InChI is InChI=1S/C11H11N5O2/c17-16(18)8-2-3-9-10(6-8)14-11(13-9)7-15-5-1-4-12-15/h1-3,5-6,12H,4,7H2,(H,13,14). The van der Waals surface area contributed by atoms with Crippen molar-refractivity contribution in [3.8, 4) is 0 Å². The Balaban J connectivity index is 1.90. The molecule has 7 heteroatoms. The number of nitro benzene ring substituents is 1. The number of hydrogen-bond acceptors (Lipinski definition) is 5. The molecule has 1 aromatic heterocycles. The van der Waals surface area contributed by atoms with E-state index in [0.29, 0.717) is 12.1 Å². The van der Waals surface area contributed by atoms with Crippen LogP contribution >= 0.6 is 0 Å². The highest BCUT2D eigenvalue weighted by molar-refractivity contribution is 5.77. The zero-order chi connectivity index (χ0) is 12.5. The average molecular weight is 245 g/mol. The van der Waals surface area contributed by atoms with E-state index in [-0.39, 0.29) is 5.69 Å². The van der Waals surface area contributed by atoms with Gasteiger partial charge in [-0.1, -0.05) is 6.08 Å². The largest absolute Gasteiger partial charge is 0.340 e. The van der Waals surface area contributed by atoms with Gasteiger partial charge in [0.25, 0.3) is 5.69 Å². The first-order valence-corrected chi connectivity index (χ1v) is 5.52. The van der Waals surface area contributed by atoms with Crippen molar-refractivity contribution in [2.75, 3.05) is 6.54 Å². The van der Waals surface area contributed by atoms with Crippen LogP contribution in [0.1, 0.15) is 5.82 Å². The van der Waals surface area contributed by atoms with Gasteiger partial charge in [-0.25, -0.2) is 10.4 Å². The van der Waals surface area contributed by atoms with E-state index in [2.05, 4.69) is 15.4 Å². The second-order valence-corrected chi connectivity index (χ2v) is 4.02. The molecule has 0 fully saturated rings. The number of imidazole rings is 1. The first-order valence-electron chi connectivity index (χ1n) is 5.52. The maximum absolute atomic E-state index is 10.7. The molecule has 0 spiro atoms. The average Bonchev–Trinajstić information content (AvgIpc) is 2.96. The minimum Gasteiger partial charge on any atom is -0.340 e. The number of hydrogen-bond donors (Lipinski definition) is 2. The molecule has 0 unspecified atom stereocenters. The number of hydrazine groups is 1. The summed E-state index contributed by atoms with van der Waals surface area (Å²) in [7, 11) is 0. The van der Waals surface area contributed by atoms with Crippen LogP contribution in [0, 0.1) is 10.1 Å². The summed E-state index contributed by atoms with van der Waals surface area (Å²) in [5, 5.41) is 12.6. The SMILES string of the molecule is O=[N+]([O-])c1ccc2nc(CN3C=CCN3)[nH]c2c1. The van der Waals surface area contributed by atoms with Crippen molar-refractivity contribution >= 4 is 16.7 Å². The summed E-state index contributed by atoms with van der Waals surface area (Å²) in [6.45, 7) is 1.41. The molecule has 92 valence electrons. The van der Waals surface area contributed by atoms with Gasteiger partial charge in [0, 0.05) is 24.9 Å². The predicted molar refractivity (Wildman–Crippen MR) is 65.4 cm³/mol. The van der Waals surface area contributed by atoms with Crippen molar-refractivity contribution in [2.45, 2.75) is 6.54 Å². The molecule has 0 saturated heterocycles. The van der Waals surface area contributed by atoms with Crippen molar-refractivity contribution in [3.63, 3.8) is 0 Å². The smallest absolute Gasteiger partial charge is 0.271 e. The number of aromatic amines is 1. The van der Waals surface area contributed by atoms with Gasteiger partial charge in [-0.3, -0.25) is 10.1 Å². The van der Waals surface area contributed by atoms with Gasteiger partial charge in [-0.2, -0.15) is 0 Å². The first kappa shape index (κ1) is 10.7. The summed E-state index contributed by atoms with van der Waals surface area (Å²) in [5.74, 6) is 0.768. The fraction of sp³-hybridized carbons (Fsp3) is 0.182. The Morgan fingerprint density at radius 3 is 3.11 bits per heavy atom. The molecule has 2 aromatic rings. The summed E-state index contributed by atoms with van der Waals surface area (Å²) < 4.78 is 0. The third-order valence-corrected chi connectivity index (χ3v) is 2.74. The van der Waals surface area contributed by atoms with Gasteiger partial charge in [-0.15, -0.1) is 0 Å². The van der Waals surface area contributed by atoms with Gasteiger partial charge in [0.05, 0.1) is 22.5 Å². The van der Waals surface area contributed by atoms with E-state index in [4.69, 9.17) is 0 Å². The Morgan fingerprint density at radius 2 is 2.39 bits per heavy atom. The van der Waals surface area contributed by atoms with Crippen LogP contribution < -0.4 is 5.43 Å². The third-order valence-electron chi connectivity index (χ3n) is 2.74. The van der Waals surface area contributed by atoms with Gasteiger partial charge in [0.2, 0.25) is 0 Å². The summed E-state index contributed by atoms with van der Waals surface area (Å²) >= 11 is 0. The van der Waals surface area contributed by atoms with E-state index in [1.165, 1.54) is 12.1 Å². The van der Waals surface area contributed by atoms with Crippen LogP contribution in [0.4, 0.5) is 5.69 Å². The van der Waals surface area contributed by atoms with E-state index in [0.717, 1.165) is 17.9 Å². The van der Waals surface area contributed by atoms with Crippen LogP contribution in [0.15, 0.2) is 30.5 Å². The van der Waals surface area contributed by atoms with Crippen molar-refractivity contribution < 1.29 is 4.92 Å². The number of nitro groups is 1. The molecule has 0 atom stereocenters. The molecule has 0 radical (unpaired) electrons. The van der Waals surface area contributed by atoms with Gasteiger partial charge < -0.3 is 9.99 Å². The number of fused-ring (bicyclic) bond motifs is 1. The van der Waals surface area contributed by atoms with Crippen LogP contribution in [0.5, 0.6) is 0 Å². The minimum atomic E-state index is -0.412. The van der Waals surface area contributed by atoms with E-state index in [1.807, 2.05) is 17.3 Å². The predicted octanol–water partition coefficient (Wildman–Crippen LogP) is 1.30. The number of rotatable bonds is 3. The molecule has 2 heterocycles. The molecular formula is C11H11N5O2. The molecule has 1 aliphatic heterocycles. The summed E-state index contributed by atoms with van der Waals surface area (Å²) in [5.41, 5.74) is 4.62. The lowest BCUT2D eigenvalue weighted by molar-refractivity contribution is -0.384. The molecule has 18 heavy (non-hydrogen) atoms. The van der Waals surface area contributed by atoms with Gasteiger partial charge in [0.1, 0.15) is 5.82 Å². The molecule has 7 nitrogen and oxygen atoms in total. The van der Waals surface area contributed by atoms with E-state index >= 15 is 0 Å². The number of nitrogens with one attached hydrogen (secondary N) is 2. The highest BCUT2D eigenvalue weighted by Crippen LogP contribution is 2.19. The number of aromatic nitrogens is 2. The second kappa shape index (κ2) is 4.11. The van der Waals surface area contributed by atoms with Crippen molar-refractivity contribution in [1.29, 1.82) is 0 Å². The fourth-order valence-electron chi connectivity index (χ4n) is 1.91. The zero-order valence-corrected chi connectivity index (χ0v) is 9.46. The van der Waals surface area contributed by atoms with Gasteiger partial charge in [0.15, 0.2) is 0 Å². The van der Waals surface area contributed by atoms with Crippen molar-refractivity contribution in [1.82, 2.24) is 20.4 Å². The zero-order valence-electron chi connectivity index (χ0n) is 9.46. The number of H-pyrrole nitrogens is 1.